The van der Waals surface area contributed by atoms with E-state index < -0.39 is 0 Å². The van der Waals surface area contributed by atoms with Crippen LogP contribution in [0.3, 0.4) is 0 Å². The van der Waals surface area contributed by atoms with Gasteiger partial charge in [-0.05, 0) is 30.7 Å². The molecule has 3 heterocycles. The molecule has 10 heteroatoms. The number of rotatable bonds is 6. The largest absolute Gasteiger partial charge is 0.493 e. The first-order valence-corrected chi connectivity index (χ1v) is 9.23. The highest BCUT2D eigenvalue weighted by molar-refractivity contribution is 5.70. The molecular formula is C21H22N6O4. The van der Waals surface area contributed by atoms with E-state index in [1.807, 2.05) is 42.0 Å². The van der Waals surface area contributed by atoms with Gasteiger partial charge in [-0.25, -0.2) is 19.6 Å². The summed E-state index contributed by atoms with van der Waals surface area (Å²) in [4.78, 5) is 21.4. The number of methoxy groups -OCH3 is 2. The molecule has 1 N–H and O–H groups in total. The van der Waals surface area contributed by atoms with Crippen molar-refractivity contribution in [1.29, 1.82) is 0 Å². The highest BCUT2D eigenvalue weighted by Gasteiger charge is 2.18. The average Bonchev–Trinajstić information content (AvgIpc) is 3.46. The first kappa shape index (κ1) is 21.5. The van der Waals surface area contributed by atoms with Crippen molar-refractivity contribution < 1.29 is 19.4 Å². The van der Waals surface area contributed by atoms with Crippen LogP contribution in [0.1, 0.15) is 11.1 Å². The van der Waals surface area contributed by atoms with Crippen molar-refractivity contribution in [1.82, 2.24) is 29.3 Å². The first-order valence-electron chi connectivity index (χ1n) is 9.23. The van der Waals surface area contributed by atoms with Gasteiger partial charge in [-0.15, -0.1) is 0 Å². The lowest BCUT2D eigenvalue weighted by Gasteiger charge is -2.16. The fourth-order valence-electron chi connectivity index (χ4n) is 3.21. The van der Waals surface area contributed by atoms with Crippen LogP contribution in [0.25, 0.3) is 17.2 Å². The number of aromatic nitrogens is 6. The molecule has 4 aromatic rings. The average molecular weight is 422 g/mol. The van der Waals surface area contributed by atoms with Crippen molar-refractivity contribution in [2.75, 3.05) is 14.2 Å². The Balaban J connectivity index is 0.000000858. The van der Waals surface area contributed by atoms with Gasteiger partial charge in [0.2, 0.25) is 0 Å². The van der Waals surface area contributed by atoms with Crippen LogP contribution in [-0.4, -0.2) is 55.1 Å². The van der Waals surface area contributed by atoms with Crippen LogP contribution in [0.15, 0.2) is 55.5 Å². The Morgan fingerprint density at radius 3 is 2.65 bits per heavy atom. The molecule has 0 radical (unpaired) electrons. The summed E-state index contributed by atoms with van der Waals surface area (Å²) in [5, 5.41) is 11.1. The van der Waals surface area contributed by atoms with Gasteiger partial charge in [0.05, 0.1) is 26.3 Å². The number of aryl methyl sites for hydroxylation is 1. The Labute approximate surface area is 178 Å². The molecule has 31 heavy (non-hydrogen) atoms. The molecule has 4 rings (SSSR count). The third-order valence-electron chi connectivity index (χ3n) is 4.42. The minimum absolute atomic E-state index is 0.250. The van der Waals surface area contributed by atoms with Crippen LogP contribution in [0.2, 0.25) is 0 Å². The molecule has 0 bridgehead atoms. The van der Waals surface area contributed by atoms with Gasteiger partial charge in [0.25, 0.3) is 6.47 Å². The number of pyridine rings is 1. The lowest BCUT2D eigenvalue weighted by atomic mass is 10.1. The Bertz CT molecular complexity index is 1140. The minimum atomic E-state index is -0.250. The molecule has 1 aromatic carbocycles. The van der Waals surface area contributed by atoms with E-state index in [0.29, 0.717) is 18.0 Å². The highest BCUT2D eigenvalue weighted by Crippen LogP contribution is 2.38. The van der Waals surface area contributed by atoms with Crippen molar-refractivity contribution in [2.45, 2.75) is 13.5 Å². The van der Waals surface area contributed by atoms with Crippen molar-refractivity contribution in [2.24, 2.45) is 0 Å². The second-order valence-corrected chi connectivity index (χ2v) is 6.36. The van der Waals surface area contributed by atoms with Crippen molar-refractivity contribution in [3.63, 3.8) is 0 Å². The zero-order chi connectivity index (χ0) is 22.2. The predicted octanol–water partition coefficient (Wildman–Crippen LogP) is 2.60. The lowest BCUT2D eigenvalue weighted by Crippen LogP contribution is -2.08. The van der Waals surface area contributed by atoms with Crippen LogP contribution in [0, 0.1) is 6.92 Å². The summed E-state index contributed by atoms with van der Waals surface area (Å²) in [6.45, 7) is 2.33. The summed E-state index contributed by atoms with van der Waals surface area (Å²) in [5.41, 5.74) is 2.92. The fourth-order valence-corrected chi connectivity index (χ4v) is 3.21. The van der Waals surface area contributed by atoms with E-state index in [1.165, 1.54) is 6.33 Å². The Morgan fingerprint density at radius 1 is 1.16 bits per heavy atom. The van der Waals surface area contributed by atoms with E-state index in [1.54, 1.807) is 37.6 Å². The van der Waals surface area contributed by atoms with Crippen LogP contribution >= 0.6 is 0 Å². The molecule has 0 amide bonds. The summed E-state index contributed by atoms with van der Waals surface area (Å²) in [6.07, 6.45) is 8.57. The molecule has 0 spiro atoms. The van der Waals surface area contributed by atoms with Gasteiger partial charge < -0.3 is 19.1 Å². The third kappa shape index (κ3) is 4.69. The van der Waals surface area contributed by atoms with E-state index in [2.05, 4.69) is 20.1 Å². The number of hydrogen-bond acceptors (Lipinski definition) is 7. The molecule has 0 aliphatic carbocycles. The van der Waals surface area contributed by atoms with Crippen molar-refractivity contribution in [3.05, 3.63) is 66.6 Å². The zero-order valence-electron chi connectivity index (χ0n) is 17.3. The summed E-state index contributed by atoms with van der Waals surface area (Å²) in [6, 6.07) is 7.91. The number of carbonyl (C=O) groups is 1. The summed E-state index contributed by atoms with van der Waals surface area (Å²) >= 11 is 0. The molecule has 0 saturated carbocycles. The second kappa shape index (κ2) is 10.0. The molecule has 0 fully saturated rings. The van der Waals surface area contributed by atoms with Gasteiger partial charge in [0.1, 0.15) is 18.5 Å². The number of benzene rings is 1. The van der Waals surface area contributed by atoms with Gasteiger partial charge in [-0.1, -0.05) is 6.07 Å². The van der Waals surface area contributed by atoms with Gasteiger partial charge in [0, 0.05) is 24.2 Å². The quantitative estimate of drug-likeness (QED) is 0.471. The predicted molar refractivity (Wildman–Crippen MR) is 112 cm³/mol. The monoisotopic (exact) mass is 422 g/mol. The van der Waals surface area contributed by atoms with Crippen LogP contribution in [0.4, 0.5) is 0 Å². The van der Waals surface area contributed by atoms with Crippen LogP contribution in [0.5, 0.6) is 11.5 Å². The lowest BCUT2D eigenvalue weighted by molar-refractivity contribution is -0.122. The van der Waals surface area contributed by atoms with E-state index >= 15 is 0 Å². The molecule has 10 nitrogen and oxygen atoms in total. The molecule has 0 atom stereocenters. The Morgan fingerprint density at radius 2 is 1.97 bits per heavy atom. The fraction of sp³-hybridized carbons (Fsp3) is 0.190. The number of nitrogens with zero attached hydrogens (tertiary/aromatic N) is 6. The van der Waals surface area contributed by atoms with Crippen LogP contribution in [-0.2, 0) is 11.3 Å². The normalized spacial score (nSPS) is 10.2. The van der Waals surface area contributed by atoms with Gasteiger partial charge >= 0.3 is 0 Å². The summed E-state index contributed by atoms with van der Waals surface area (Å²) < 4.78 is 14.8. The van der Waals surface area contributed by atoms with Crippen molar-refractivity contribution >= 4 is 6.47 Å². The molecule has 0 aliphatic rings. The topological polar surface area (TPSA) is 117 Å². The second-order valence-electron chi connectivity index (χ2n) is 6.36. The van der Waals surface area contributed by atoms with E-state index in [4.69, 9.17) is 19.4 Å². The van der Waals surface area contributed by atoms with Gasteiger partial charge in [0.15, 0.2) is 17.3 Å². The standard InChI is InChI=1S/C20H20N6O2.CH2O2/c1-14-9-16(18(28-3)17(10-14)27-2)20-23-7-8-25(20)11-15-5-4-6-22-19(15)26-13-21-12-24-26;2-1-3/h4-10,12-13H,11H2,1-3H3;1H,(H,2,3). The smallest absolute Gasteiger partial charge is 0.290 e. The van der Waals surface area contributed by atoms with E-state index in [-0.39, 0.29) is 6.47 Å². The summed E-state index contributed by atoms with van der Waals surface area (Å²) in [5.74, 6) is 2.85. The molecule has 3 aromatic heterocycles. The SMILES string of the molecule is COc1cc(C)cc(-c2nccn2Cc2cccnc2-n2cncn2)c1OC.O=CO. The van der Waals surface area contributed by atoms with Crippen LogP contribution < -0.4 is 9.47 Å². The van der Waals surface area contributed by atoms with Gasteiger partial charge in [-0.3, -0.25) is 4.79 Å². The molecule has 0 unspecified atom stereocenters. The molecule has 160 valence electrons. The summed E-state index contributed by atoms with van der Waals surface area (Å²) in [7, 11) is 3.27. The number of imidazole rings is 1. The maximum Gasteiger partial charge on any atom is 0.290 e. The molecule has 0 aliphatic heterocycles. The van der Waals surface area contributed by atoms with E-state index in [0.717, 1.165) is 28.3 Å². The zero-order valence-corrected chi connectivity index (χ0v) is 17.3. The minimum Gasteiger partial charge on any atom is -0.493 e. The first-order chi connectivity index (χ1) is 15.1. The molecular weight excluding hydrogens is 400 g/mol. The number of carboxylic acid groups (broad SMARTS) is 1. The maximum atomic E-state index is 8.36. The Hall–Kier alpha value is -4.21. The van der Waals surface area contributed by atoms with Crippen molar-refractivity contribution in [3.8, 4) is 28.7 Å². The van der Waals surface area contributed by atoms with E-state index in [9.17, 15) is 0 Å². The maximum absolute atomic E-state index is 8.36. The number of ether oxygens (including phenoxy) is 2. The third-order valence-corrected chi connectivity index (χ3v) is 4.42. The number of hydrogen-bond donors (Lipinski definition) is 1. The Kier molecular flexibility index (Phi) is 6.94. The highest BCUT2D eigenvalue weighted by atomic mass is 16.5. The molecule has 0 saturated heterocycles. The van der Waals surface area contributed by atoms with Gasteiger partial charge in [-0.2, -0.15) is 5.10 Å².